The maximum Gasteiger partial charge on any atom is 0.254 e. The molecule has 0 atom stereocenters. The van der Waals surface area contributed by atoms with Crippen molar-refractivity contribution in [2.45, 2.75) is 0 Å². The van der Waals surface area contributed by atoms with Crippen LogP contribution in [0.1, 0.15) is 21.6 Å². The maximum atomic E-state index is 12.7. The number of pyridine rings is 1. The molecule has 1 fully saturated rings. The number of morpholine rings is 1. The first-order valence-corrected chi connectivity index (χ1v) is 10.2. The number of hydrogen-bond acceptors (Lipinski definition) is 6. The molecule has 1 aromatic carbocycles. The van der Waals surface area contributed by atoms with Crippen LogP contribution < -0.4 is 5.73 Å². The highest BCUT2D eigenvalue weighted by Crippen LogP contribution is 2.19. The first-order chi connectivity index (χ1) is 15.7. The molecule has 0 bridgehead atoms. The Bertz CT molecular complexity index is 1330. The SMILES string of the molecule is Nc1ccc(C#Cc2cnc3ccc(-c4ccc(C(=O)N5CCOCC5)cc4)nn23)cn1. The van der Waals surface area contributed by atoms with Crippen molar-refractivity contribution in [2.24, 2.45) is 0 Å². The monoisotopic (exact) mass is 424 g/mol. The van der Waals surface area contributed by atoms with Gasteiger partial charge in [0.15, 0.2) is 5.65 Å². The number of carbonyl (C=O) groups is 1. The van der Waals surface area contributed by atoms with Gasteiger partial charge in [-0.05, 0) is 42.3 Å². The Kier molecular flexibility index (Phi) is 5.24. The Balaban J connectivity index is 1.40. The summed E-state index contributed by atoms with van der Waals surface area (Å²) in [5.74, 6) is 6.62. The first kappa shape index (κ1) is 19.7. The second-order valence-corrected chi connectivity index (χ2v) is 7.34. The molecule has 158 valence electrons. The number of ether oxygens (including phenoxy) is 1. The fourth-order valence-corrected chi connectivity index (χ4v) is 3.46. The van der Waals surface area contributed by atoms with Gasteiger partial charge in [-0.25, -0.2) is 14.5 Å². The van der Waals surface area contributed by atoms with Gasteiger partial charge < -0.3 is 15.4 Å². The summed E-state index contributed by atoms with van der Waals surface area (Å²) in [6, 6.07) is 14.8. The molecule has 3 aromatic heterocycles. The quantitative estimate of drug-likeness (QED) is 0.496. The smallest absolute Gasteiger partial charge is 0.254 e. The topological polar surface area (TPSA) is 98.6 Å². The number of rotatable bonds is 2. The van der Waals surface area contributed by atoms with Crippen molar-refractivity contribution in [2.75, 3.05) is 32.0 Å². The number of carbonyl (C=O) groups excluding carboxylic acids is 1. The van der Waals surface area contributed by atoms with Gasteiger partial charge in [0.05, 0.1) is 25.1 Å². The van der Waals surface area contributed by atoms with Crippen LogP contribution in [0.5, 0.6) is 0 Å². The number of benzene rings is 1. The van der Waals surface area contributed by atoms with E-state index in [0.29, 0.717) is 49.0 Å². The molecule has 1 saturated heterocycles. The van der Waals surface area contributed by atoms with Gasteiger partial charge in [0.1, 0.15) is 11.5 Å². The lowest BCUT2D eigenvalue weighted by Gasteiger charge is -2.26. The number of anilines is 1. The van der Waals surface area contributed by atoms with E-state index in [4.69, 9.17) is 15.6 Å². The van der Waals surface area contributed by atoms with Gasteiger partial charge in [0, 0.05) is 36.0 Å². The summed E-state index contributed by atoms with van der Waals surface area (Å²) >= 11 is 0. The number of hydrogen-bond donors (Lipinski definition) is 1. The predicted octanol–water partition coefficient (Wildman–Crippen LogP) is 2.25. The highest BCUT2D eigenvalue weighted by Gasteiger charge is 2.18. The third-order valence-corrected chi connectivity index (χ3v) is 5.21. The lowest BCUT2D eigenvalue weighted by molar-refractivity contribution is 0.0303. The molecule has 0 saturated carbocycles. The van der Waals surface area contributed by atoms with E-state index >= 15 is 0 Å². The highest BCUT2D eigenvalue weighted by atomic mass is 16.5. The van der Waals surface area contributed by atoms with Gasteiger partial charge in [-0.15, -0.1) is 0 Å². The van der Waals surface area contributed by atoms with Crippen molar-refractivity contribution in [3.05, 3.63) is 77.7 Å². The molecule has 4 heterocycles. The van der Waals surface area contributed by atoms with Crippen molar-refractivity contribution in [3.8, 4) is 23.1 Å². The lowest BCUT2D eigenvalue weighted by atomic mass is 10.1. The van der Waals surface area contributed by atoms with Crippen LogP contribution in [-0.2, 0) is 4.74 Å². The molecule has 8 nitrogen and oxygen atoms in total. The van der Waals surface area contributed by atoms with Crippen LogP contribution in [0.4, 0.5) is 5.82 Å². The number of imidazole rings is 1. The minimum atomic E-state index is 0.0209. The summed E-state index contributed by atoms with van der Waals surface area (Å²) in [6.07, 6.45) is 3.32. The second-order valence-electron chi connectivity index (χ2n) is 7.34. The summed E-state index contributed by atoms with van der Waals surface area (Å²) in [5.41, 5.74) is 10.1. The third kappa shape index (κ3) is 4.02. The molecule has 32 heavy (non-hydrogen) atoms. The molecule has 0 spiro atoms. The van der Waals surface area contributed by atoms with E-state index < -0.39 is 0 Å². The van der Waals surface area contributed by atoms with Crippen LogP contribution in [0.25, 0.3) is 16.9 Å². The molecular formula is C24H20N6O2. The van der Waals surface area contributed by atoms with E-state index in [1.54, 1.807) is 23.0 Å². The minimum Gasteiger partial charge on any atom is -0.384 e. The van der Waals surface area contributed by atoms with E-state index in [1.807, 2.05) is 47.4 Å². The Morgan fingerprint density at radius 2 is 1.75 bits per heavy atom. The highest BCUT2D eigenvalue weighted by molar-refractivity contribution is 5.94. The largest absolute Gasteiger partial charge is 0.384 e. The lowest BCUT2D eigenvalue weighted by Crippen LogP contribution is -2.40. The van der Waals surface area contributed by atoms with Crippen LogP contribution in [0.3, 0.4) is 0 Å². The van der Waals surface area contributed by atoms with Crippen LogP contribution in [-0.4, -0.2) is 56.7 Å². The Hall–Kier alpha value is -4.22. The summed E-state index contributed by atoms with van der Waals surface area (Å²) in [7, 11) is 0. The summed E-state index contributed by atoms with van der Waals surface area (Å²) in [4.78, 5) is 22.9. The zero-order valence-corrected chi connectivity index (χ0v) is 17.2. The third-order valence-electron chi connectivity index (χ3n) is 5.21. The molecule has 2 N–H and O–H groups in total. The van der Waals surface area contributed by atoms with Gasteiger partial charge in [-0.1, -0.05) is 18.1 Å². The summed E-state index contributed by atoms with van der Waals surface area (Å²) in [6.45, 7) is 2.41. The number of amides is 1. The van der Waals surface area contributed by atoms with E-state index in [9.17, 15) is 4.79 Å². The van der Waals surface area contributed by atoms with Crippen LogP contribution in [0.15, 0.2) is 60.9 Å². The van der Waals surface area contributed by atoms with Crippen LogP contribution in [0, 0.1) is 11.8 Å². The average molecular weight is 424 g/mol. The standard InChI is InChI=1S/C24H20N6O2/c25-22-9-2-17(15-26-22)1-7-20-16-27-23-10-8-21(28-30(20)23)18-3-5-19(6-4-18)24(31)29-11-13-32-14-12-29/h2-6,8-10,15-16H,11-14H2,(H2,25,26). The molecule has 8 heteroatoms. The van der Waals surface area contributed by atoms with Crippen molar-refractivity contribution < 1.29 is 9.53 Å². The second kappa shape index (κ2) is 8.49. The normalized spacial score (nSPS) is 13.6. The molecule has 1 aliphatic heterocycles. The predicted molar refractivity (Wildman–Crippen MR) is 120 cm³/mol. The number of aromatic nitrogens is 4. The van der Waals surface area contributed by atoms with Gasteiger partial charge in [-0.2, -0.15) is 5.10 Å². The van der Waals surface area contributed by atoms with Gasteiger partial charge in [-0.3, -0.25) is 4.79 Å². The molecule has 4 aromatic rings. The van der Waals surface area contributed by atoms with Crippen LogP contribution >= 0.6 is 0 Å². The van der Waals surface area contributed by atoms with Crippen molar-refractivity contribution in [1.82, 2.24) is 24.5 Å². The van der Waals surface area contributed by atoms with Crippen LogP contribution in [0.2, 0.25) is 0 Å². The van der Waals surface area contributed by atoms with Crippen molar-refractivity contribution in [1.29, 1.82) is 0 Å². The molecular weight excluding hydrogens is 404 g/mol. The first-order valence-electron chi connectivity index (χ1n) is 10.2. The van der Waals surface area contributed by atoms with E-state index in [0.717, 1.165) is 16.8 Å². The van der Waals surface area contributed by atoms with E-state index in [-0.39, 0.29) is 5.91 Å². The number of nitrogens with zero attached hydrogens (tertiary/aromatic N) is 5. The Labute approximate surface area is 184 Å². The summed E-state index contributed by atoms with van der Waals surface area (Å²) in [5, 5.41) is 4.70. The average Bonchev–Trinajstić information content (AvgIpc) is 3.26. The molecule has 0 aliphatic carbocycles. The van der Waals surface area contributed by atoms with Crippen molar-refractivity contribution in [3.63, 3.8) is 0 Å². The molecule has 0 unspecified atom stereocenters. The molecule has 1 aliphatic rings. The fraction of sp³-hybridized carbons (Fsp3) is 0.167. The van der Waals surface area contributed by atoms with E-state index in [1.165, 1.54) is 0 Å². The van der Waals surface area contributed by atoms with Gasteiger partial charge in [0.25, 0.3) is 5.91 Å². The number of nitrogens with two attached hydrogens (primary N) is 1. The zero-order valence-electron chi connectivity index (χ0n) is 17.2. The fourth-order valence-electron chi connectivity index (χ4n) is 3.46. The minimum absolute atomic E-state index is 0.0209. The number of fused-ring (bicyclic) bond motifs is 1. The van der Waals surface area contributed by atoms with Gasteiger partial charge in [0.2, 0.25) is 0 Å². The number of nitrogen functional groups attached to an aromatic ring is 1. The van der Waals surface area contributed by atoms with Crippen molar-refractivity contribution >= 4 is 17.4 Å². The van der Waals surface area contributed by atoms with E-state index in [2.05, 4.69) is 21.8 Å². The molecule has 0 radical (unpaired) electrons. The molecule has 1 amide bonds. The summed E-state index contributed by atoms with van der Waals surface area (Å²) < 4.78 is 7.03. The van der Waals surface area contributed by atoms with Gasteiger partial charge >= 0.3 is 0 Å². The Morgan fingerprint density at radius 3 is 2.50 bits per heavy atom. The molecule has 5 rings (SSSR count). The zero-order chi connectivity index (χ0) is 21.9. The maximum absolute atomic E-state index is 12.7. The Morgan fingerprint density at radius 1 is 0.938 bits per heavy atom.